The zero-order valence-corrected chi connectivity index (χ0v) is 28.0. The van der Waals surface area contributed by atoms with E-state index >= 15 is 0 Å². The van der Waals surface area contributed by atoms with Gasteiger partial charge in [-0.3, -0.25) is 9.59 Å². The number of carbonyl (C=O) groups excluding carboxylic acids is 2. The summed E-state index contributed by atoms with van der Waals surface area (Å²) in [6, 6.07) is 3.24. The fourth-order valence-corrected chi connectivity index (χ4v) is 4.08. The standard InChI is InChI=1S/C19H22ClFN2O.C5H10O.C5H12.C3H7NO.C2H6/c1-3-15(20)7-5-4-6-14-10-22-11-17(14)16-9-18(21)13(2)8-19(16)23-12-24;6-5-3-1-2-4-5;1-5(2,3)4;1-2-4-3-5;1-2/h3-5,7-9,12,14,17,22H,1,6,10-11H2,2H3,(H,23,24);5-6H,1-4H2;1-4H3;3H,2H2,1H3,(H,4,5);1-2H3/b5-4-,15-7+;;;;/t14-,17+;;;;/m0..../s1. The first-order chi connectivity index (χ1) is 19.9. The van der Waals surface area contributed by atoms with Crippen LogP contribution in [0, 0.1) is 24.1 Å². The Labute approximate surface area is 260 Å². The minimum atomic E-state index is -0.247. The number of hydrogen-bond donors (Lipinski definition) is 4. The summed E-state index contributed by atoms with van der Waals surface area (Å²) < 4.78 is 14.0. The van der Waals surface area contributed by atoms with Gasteiger partial charge in [-0.1, -0.05) is 90.8 Å². The molecular weight excluding hydrogens is 553 g/mol. The van der Waals surface area contributed by atoms with Crippen LogP contribution >= 0.6 is 11.6 Å². The monoisotopic (exact) mass is 609 g/mol. The molecular formula is C34H57ClFN3O3. The summed E-state index contributed by atoms with van der Waals surface area (Å²) in [6.45, 7) is 22.2. The van der Waals surface area contributed by atoms with Crippen LogP contribution in [0.2, 0.25) is 0 Å². The van der Waals surface area contributed by atoms with Gasteiger partial charge in [0.15, 0.2) is 0 Å². The SMILES string of the molecule is C=C/C(Cl)=C\C=C/C[C@H]1CNC[C@H]1c1cc(F)c(C)cc1NC=O.CC.CC(C)(C)C.CCNC=O.OC1CCCC1. The zero-order valence-electron chi connectivity index (χ0n) is 27.2. The Morgan fingerprint density at radius 3 is 2.17 bits per heavy atom. The number of halogens is 2. The molecule has 0 radical (unpaired) electrons. The quantitative estimate of drug-likeness (QED) is 0.169. The third-order valence-corrected chi connectivity index (χ3v) is 6.20. The van der Waals surface area contributed by atoms with Gasteiger partial charge in [0, 0.05) is 29.7 Å². The summed E-state index contributed by atoms with van der Waals surface area (Å²) in [5.74, 6) is 0.223. The molecule has 1 aliphatic heterocycles. The molecule has 2 fully saturated rings. The molecule has 240 valence electrons. The number of rotatable bonds is 9. The van der Waals surface area contributed by atoms with Crippen LogP contribution in [0.25, 0.3) is 0 Å². The summed E-state index contributed by atoms with van der Waals surface area (Å²) in [5, 5.41) is 17.8. The van der Waals surface area contributed by atoms with Gasteiger partial charge in [0.1, 0.15) is 5.82 Å². The van der Waals surface area contributed by atoms with Crippen LogP contribution in [0.1, 0.15) is 97.6 Å². The van der Waals surface area contributed by atoms with Crippen molar-refractivity contribution in [1.82, 2.24) is 10.6 Å². The fraction of sp³-hybridized carbons (Fsp3) is 0.588. The van der Waals surface area contributed by atoms with E-state index in [4.69, 9.17) is 16.7 Å². The molecule has 42 heavy (non-hydrogen) atoms. The predicted octanol–water partition coefficient (Wildman–Crippen LogP) is 8.01. The van der Waals surface area contributed by atoms with Gasteiger partial charge in [-0.2, -0.15) is 0 Å². The zero-order chi connectivity index (χ0) is 32.6. The van der Waals surface area contributed by atoms with Crippen LogP contribution < -0.4 is 16.0 Å². The Hall–Kier alpha value is -2.48. The van der Waals surface area contributed by atoms with Crippen molar-refractivity contribution in [2.24, 2.45) is 11.3 Å². The van der Waals surface area contributed by atoms with Crippen molar-refractivity contribution in [3.63, 3.8) is 0 Å². The minimum absolute atomic E-state index is 0.0463. The van der Waals surface area contributed by atoms with E-state index in [0.717, 1.165) is 44.5 Å². The second kappa shape index (κ2) is 25.1. The molecule has 3 rings (SSSR count). The maximum atomic E-state index is 14.0. The fourth-order valence-electron chi connectivity index (χ4n) is 4.01. The van der Waals surface area contributed by atoms with Crippen LogP contribution in [0.4, 0.5) is 10.1 Å². The summed E-state index contributed by atoms with van der Waals surface area (Å²) in [5.41, 5.74) is 2.55. The van der Waals surface area contributed by atoms with Crippen LogP contribution in [-0.4, -0.2) is 43.7 Å². The number of aryl methyl sites for hydroxylation is 1. The summed E-state index contributed by atoms with van der Waals surface area (Å²) in [6.07, 6.45) is 14.1. The van der Waals surface area contributed by atoms with Crippen molar-refractivity contribution >= 4 is 30.1 Å². The molecule has 6 nitrogen and oxygen atoms in total. The Kier molecular flexibility index (Phi) is 24.9. The predicted molar refractivity (Wildman–Crippen MR) is 179 cm³/mol. The Morgan fingerprint density at radius 2 is 1.74 bits per heavy atom. The van der Waals surface area contributed by atoms with Crippen molar-refractivity contribution in [3.8, 4) is 0 Å². The average Bonchev–Trinajstić information content (AvgIpc) is 3.61. The number of aliphatic hydroxyl groups excluding tert-OH is 1. The van der Waals surface area contributed by atoms with Gasteiger partial charge in [0.2, 0.25) is 12.8 Å². The second-order valence-corrected chi connectivity index (χ2v) is 11.9. The summed E-state index contributed by atoms with van der Waals surface area (Å²) in [7, 11) is 0. The summed E-state index contributed by atoms with van der Waals surface area (Å²) in [4.78, 5) is 20.2. The Bertz CT molecular complexity index is 933. The molecule has 2 aliphatic rings. The van der Waals surface area contributed by atoms with Gasteiger partial charge in [0.25, 0.3) is 0 Å². The number of amides is 2. The van der Waals surface area contributed by atoms with E-state index in [9.17, 15) is 14.0 Å². The highest BCUT2D eigenvalue weighted by atomic mass is 35.5. The highest BCUT2D eigenvalue weighted by molar-refractivity contribution is 6.31. The lowest BCUT2D eigenvalue weighted by atomic mass is 9.85. The first-order valence-corrected chi connectivity index (χ1v) is 15.5. The molecule has 2 atom stereocenters. The number of benzene rings is 1. The van der Waals surface area contributed by atoms with E-state index in [1.165, 1.54) is 12.8 Å². The van der Waals surface area contributed by atoms with E-state index in [2.05, 4.69) is 50.2 Å². The topological polar surface area (TPSA) is 90.5 Å². The Balaban J connectivity index is 0. The molecule has 0 aromatic heterocycles. The average molecular weight is 610 g/mol. The van der Waals surface area contributed by atoms with E-state index in [-0.39, 0.29) is 17.8 Å². The molecule has 0 bridgehead atoms. The number of anilines is 1. The van der Waals surface area contributed by atoms with Crippen molar-refractivity contribution in [1.29, 1.82) is 0 Å². The highest BCUT2D eigenvalue weighted by Crippen LogP contribution is 2.36. The molecule has 1 saturated heterocycles. The molecule has 1 aliphatic carbocycles. The molecule has 2 amide bonds. The molecule has 0 unspecified atom stereocenters. The van der Waals surface area contributed by atoms with Gasteiger partial charge in [0.05, 0.1) is 6.10 Å². The van der Waals surface area contributed by atoms with Gasteiger partial charge < -0.3 is 21.1 Å². The van der Waals surface area contributed by atoms with Crippen molar-refractivity contribution in [2.45, 2.75) is 99.5 Å². The molecule has 0 spiro atoms. The molecule has 1 heterocycles. The van der Waals surface area contributed by atoms with Crippen LogP contribution in [-0.2, 0) is 9.59 Å². The van der Waals surface area contributed by atoms with E-state index in [0.29, 0.717) is 40.4 Å². The van der Waals surface area contributed by atoms with E-state index in [1.807, 2.05) is 32.9 Å². The number of allylic oxidation sites excluding steroid dienone is 5. The van der Waals surface area contributed by atoms with Gasteiger partial charge >= 0.3 is 0 Å². The number of carbonyl (C=O) groups is 2. The maximum absolute atomic E-state index is 14.0. The third-order valence-electron chi connectivity index (χ3n) is 5.92. The molecule has 1 aromatic rings. The molecule has 8 heteroatoms. The molecule has 1 aromatic carbocycles. The van der Waals surface area contributed by atoms with E-state index in [1.54, 1.807) is 31.2 Å². The normalized spacial score (nSPS) is 18.1. The smallest absolute Gasteiger partial charge is 0.211 e. The largest absolute Gasteiger partial charge is 0.393 e. The lowest BCUT2D eigenvalue weighted by Crippen LogP contribution is -2.13. The second-order valence-electron chi connectivity index (χ2n) is 11.5. The first-order valence-electron chi connectivity index (χ1n) is 15.1. The number of hydrogen-bond acceptors (Lipinski definition) is 4. The lowest BCUT2D eigenvalue weighted by Gasteiger charge is -2.21. The summed E-state index contributed by atoms with van der Waals surface area (Å²) >= 11 is 5.87. The van der Waals surface area contributed by atoms with Crippen LogP contribution in [0.15, 0.2) is 48.0 Å². The highest BCUT2D eigenvalue weighted by Gasteiger charge is 2.29. The van der Waals surface area contributed by atoms with E-state index < -0.39 is 0 Å². The van der Waals surface area contributed by atoms with Gasteiger partial charge in [-0.15, -0.1) is 0 Å². The Morgan fingerprint density at radius 1 is 1.14 bits per heavy atom. The van der Waals surface area contributed by atoms with Gasteiger partial charge in [-0.05, 0) is 80.3 Å². The maximum Gasteiger partial charge on any atom is 0.211 e. The first kappa shape index (κ1) is 41.7. The number of nitrogens with one attached hydrogen (secondary N) is 3. The van der Waals surface area contributed by atoms with Gasteiger partial charge in [-0.25, -0.2) is 4.39 Å². The van der Waals surface area contributed by atoms with Crippen LogP contribution in [0.3, 0.4) is 0 Å². The van der Waals surface area contributed by atoms with Crippen molar-refractivity contribution in [3.05, 3.63) is 65.0 Å². The molecule has 4 N–H and O–H groups in total. The minimum Gasteiger partial charge on any atom is -0.393 e. The molecule has 1 saturated carbocycles. The number of aliphatic hydroxyl groups is 1. The lowest BCUT2D eigenvalue weighted by molar-refractivity contribution is -0.109. The van der Waals surface area contributed by atoms with Crippen molar-refractivity contribution in [2.75, 3.05) is 25.0 Å². The third kappa shape index (κ3) is 21.3. The van der Waals surface area contributed by atoms with Crippen LogP contribution in [0.5, 0.6) is 0 Å². The van der Waals surface area contributed by atoms with Crippen molar-refractivity contribution < 1.29 is 19.1 Å².